The lowest BCUT2D eigenvalue weighted by Gasteiger charge is -2.20. The highest BCUT2D eigenvalue weighted by molar-refractivity contribution is 9.10. The van der Waals surface area contributed by atoms with E-state index in [1.54, 1.807) is 0 Å². The minimum atomic E-state index is 0.182. The molecular formula is C16H22BrClO. The van der Waals surface area contributed by atoms with Crippen LogP contribution < -0.4 is 4.74 Å². The molecule has 0 aliphatic carbocycles. The lowest BCUT2D eigenvalue weighted by molar-refractivity contribution is 0.349. The van der Waals surface area contributed by atoms with Gasteiger partial charge in [0.2, 0.25) is 0 Å². The largest absolute Gasteiger partial charge is 0.493 e. The number of rotatable bonds is 4. The first-order chi connectivity index (χ1) is 8.85. The smallest absolute Gasteiger partial charge is 0.125 e. The van der Waals surface area contributed by atoms with Gasteiger partial charge in [-0.3, -0.25) is 0 Å². The van der Waals surface area contributed by atoms with E-state index in [1.807, 2.05) is 0 Å². The van der Waals surface area contributed by atoms with Gasteiger partial charge in [-0.15, -0.1) is 11.6 Å². The molecule has 0 aromatic heterocycles. The van der Waals surface area contributed by atoms with Crippen molar-refractivity contribution < 1.29 is 4.74 Å². The first-order valence-corrected chi connectivity index (χ1v) is 8.16. The molecule has 0 spiro atoms. The number of hydrogen-bond donors (Lipinski definition) is 0. The van der Waals surface area contributed by atoms with E-state index in [0.717, 1.165) is 42.5 Å². The van der Waals surface area contributed by atoms with Crippen LogP contribution in [-0.4, -0.2) is 12.0 Å². The van der Waals surface area contributed by atoms with Gasteiger partial charge in [0.05, 0.1) is 6.61 Å². The fourth-order valence-corrected chi connectivity index (χ4v) is 3.26. The molecule has 1 aliphatic rings. The Morgan fingerprint density at radius 1 is 1.37 bits per heavy atom. The number of halogens is 2. The van der Waals surface area contributed by atoms with Crippen molar-refractivity contribution in [2.45, 2.75) is 51.8 Å². The van der Waals surface area contributed by atoms with Gasteiger partial charge in [-0.05, 0) is 47.9 Å². The summed E-state index contributed by atoms with van der Waals surface area (Å²) in [6.45, 7) is 7.58. The Labute approximate surface area is 129 Å². The molecule has 19 heavy (non-hydrogen) atoms. The third kappa shape index (κ3) is 4.39. The second-order valence-electron chi connectivity index (χ2n) is 6.55. The molecule has 1 aromatic rings. The number of benzene rings is 1. The van der Waals surface area contributed by atoms with Crippen LogP contribution in [0.2, 0.25) is 0 Å². The zero-order chi connectivity index (χ0) is 14.0. The molecule has 2 rings (SSSR count). The van der Waals surface area contributed by atoms with Crippen molar-refractivity contribution in [3.05, 3.63) is 27.7 Å². The van der Waals surface area contributed by atoms with E-state index in [1.165, 1.54) is 11.1 Å². The molecule has 1 unspecified atom stereocenters. The molecule has 1 aliphatic heterocycles. The summed E-state index contributed by atoms with van der Waals surface area (Å²) in [5, 5.41) is 0.182. The van der Waals surface area contributed by atoms with E-state index < -0.39 is 0 Å². The molecule has 1 heterocycles. The molecule has 0 fully saturated rings. The summed E-state index contributed by atoms with van der Waals surface area (Å²) in [4.78, 5) is 0. The van der Waals surface area contributed by atoms with Gasteiger partial charge in [0, 0.05) is 16.3 Å². The zero-order valence-electron chi connectivity index (χ0n) is 11.9. The molecule has 0 bridgehead atoms. The summed E-state index contributed by atoms with van der Waals surface area (Å²) in [6, 6.07) is 4.31. The Morgan fingerprint density at radius 3 is 2.79 bits per heavy atom. The number of hydrogen-bond acceptors (Lipinski definition) is 1. The Morgan fingerprint density at radius 2 is 2.11 bits per heavy atom. The van der Waals surface area contributed by atoms with Crippen LogP contribution in [0.5, 0.6) is 5.75 Å². The Kier molecular flexibility index (Phi) is 4.84. The van der Waals surface area contributed by atoms with Gasteiger partial charge < -0.3 is 4.74 Å². The monoisotopic (exact) mass is 344 g/mol. The van der Waals surface area contributed by atoms with Crippen LogP contribution in [0.4, 0.5) is 0 Å². The van der Waals surface area contributed by atoms with Crippen LogP contribution in [0.15, 0.2) is 16.6 Å². The average Bonchev–Trinajstić information content (AvgIpc) is 2.73. The van der Waals surface area contributed by atoms with Gasteiger partial charge >= 0.3 is 0 Å². The maximum absolute atomic E-state index is 6.50. The summed E-state index contributed by atoms with van der Waals surface area (Å²) in [7, 11) is 0. The summed E-state index contributed by atoms with van der Waals surface area (Å²) >= 11 is 10.1. The van der Waals surface area contributed by atoms with E-state index >= 15 is 0 Å². The molecule has 1 nitrogen and oxygen atoms in total. The van der Waals surface area contributed by atoms with E-state index in [2.05, 4.69) is 48.8 Å². The summed E-state index contributed by atoms with van der Waals surface area (Å²) in [6.07, 6.45) is 4.10. The van der Waals surface area contributed by atoms with Crippen molar-refractivity contribution in [2.24, 2.45) is 5.41 Å². The summed E-state index contributed by atoms with van der Waals surface area (Å²) in [5.74, 6) is 1.07. The van der Waals surface area contributed by atoms with E-state index in [9.17, 15) is 0 Å². The maximum Gasteiger partial charge on any atom is 0.125 e. The molecule has 0 saturated carbocycles. The second kappa shape index (κ2) is 6.05. The Bertz CT molecular complexity index is 451. The molecule has 1 atom stereocenters. The first-order valence-electron chi connectivity index (χ1n) is 6.93. The van der Waals surface area contributed by atoms with Crippen LogP contribution >= 0.6 is 27.5 Å². The Balaban J connectivity index is 2.03. The molecule has 1 aromatic carbocycles. The average molecular weight is 346 g/mol. The molecule has 0 N–H and O–H groups in total. The van der Waals surface area contributed by atoms with Gasteiger partial charge in [0.1, 0.15) is 5.75 Å². The van der Waals surface area contributed by atoms with E-state index in [-0.39, 0.29) is 5.38 Å². The fourth-order valence-electron chi connectivity index (χ4n) is 2.43. The summed E-state index contributed by atoms with van der Waals surface area (Å²) in [5.41, 5.74) is 2.91. The topological polar surface area (TPSA) is 9.23 Å². The number of ether oxygens (including phenoxy) is 1. The minimum absolute atomic E-state index is 0.182. The third-order valence-electron chi connectivity index (χ3n) is 3.47. The highest BCUT2D eigenvalue weighted by Gasteiger charge is 2.20. The van der Waals surface area contributed by atoms with Crippen molar-refractivity contribution in [3.8, 4) is 5.75 Å². The van der Waals surface area contributed by atoms with Crippen LogP contribution in [0.3, 0.4) is 0 Å². The van der Waals surface area contributed by atoms with E-state index in [4.69, 9.17) is 16.3 Å². The van der Waals surface area contributed by atoms with Crippen molar-refractivity contribution in [3.63, 3.8) is 0 Å². The molecule has 3 heteroatoms. The predicted octanol–water partition coefficient (Wildman–Crippen LogP) is 5.36. The molecule has 0 saturated heterocycles. The van der Waals surface area contributed by atoms with E-state index in [0.29, 0.717) is 5.41 Å². The molecule has 0 radical (unpaired) electrons. The molecule has 0 amide bonds. The summed E-state index contributed by atoms with van der Waals surface area (Å²) < 4.78 is 6.88. The standard InChI is InChI=1S/C16H22BrClO/c1-16(2,3)6-4-14(18)10-12-9-13(17)8-11-5-7-19-15(11)12/h8-9,14H,4-7,10H2,1-3H3. The Hall–Kier alpha value is -0.210. The fraction of sp³-hybridized carbons (Fsp3) is 0.625. The lowest BCUT2D eigenvalue weighted by atomic mass is 9.89. The quantitative estimate of drug-likeness (QED) is 0.667. The predicted molar refractivity (Wildman–Crippen MR) is 85.4 cm³/mol. The number of alkyl halides is 1. The maximum atomic E-state index is 6.50. The van der Waals surface area contributed by atoms with Gasteiger partial charge in [0.15, 0.2) is 0 Å². The van der Waals surface area contributed by atoms with Gasteiger partial charge in [-0.25, -0.2) is 0 Å². The van der Waals surface area contributed by atoms with Crippen molar-refractivity contribution in [1.29, 1.82) is 0 Å². The third-order valence-corrected chi connectivity index (χ3v) is 4.30. The minimum Gasteiger partial charge on any atom is -0.493 e. The van der Waals surface area contributed by atoms with Gasteiger partial charge in [-0.1, -0.05) is 36.7 Å². The van der Waals surface area contributed by atoms with Gasteiger partial charge in [0.25, 0.3) is 0 Å². The molecule has 106 valence electrons. The SMILES string of the molecule is CC(C)(C)CCC(Cl)Cc1cc(Br)cc2c1OCC2. The highest BCUT2D eigenvalue weighted by Crippen LogP contribution is 2.35. The van der Waals surface area contributed by atoms with Crippen LogP contribution in [0, 0.1) is 5.41 Å². The highest BCUT2D eigenvalue weighted by atomic mass is 79.9. The van der Waals surface area contributed by atoms with Crippen LogP contribution in [0.1, 0.15) is 44.7 Å². The van der Waals surface area contributed by atoms with Gasteiger partial charge in [-0.2, -0.15) is 0 Å². The van der Waals surface area contributed by atoms with Crippen LogP contribution in [-0.2, 0) is 12.8 Å². The zero-order valence-corrected chi connectivity index (χ0v) is 14.3. The van der Waals surface area contributed by atoms with Crippen molar-refractivity contribution in [2.75, 3.05) is 6.61 Å². The van der Waals surface area contributed by atoms with Crippen molar-refractivity contribution >= 4 is 27.5 Å². The lowest BCUT2D eigenvalue weighted by Crippen LogP contribution is -2.11. The second-order valence-corrected chi connectivity index (χ2v) is 8.09. The van der Waals surface area contributed by atoms with Crippen molar-refractivity contribution in [1.82, 2.24) is 0 Å². The number of fused-ring (bicyclic) bond motifs is 1. The molecular weight excluding hydrogens is 324 g/mol. The normalized spacial score (nSPS) is 16.1. The first kappa shape index (κ1) is 15.2. The van der Waals surface area contributed by atoms with Crippen LogP contribution in [0.25, 0.3) is 0 Å².